The molecule has 1 unspecified atom stereocenters. The van der Waals surface area contributed by atoms with E-state index < -0.39 is 0 Å². The van der Waals surface area contributed by atoms with Crippen LogP contribution in [0.3, 0.4) is 0 Å². The van der Waals surface area contributed by atoms with E-state index in [0.29, 0.717) is 0 Å². The van der Waals surface area contributed by atoms with Gasteiger partial charge >= 0.3 is 0 Å². The third-order valence-corrected chi connectivity index (χ3v) is 3.19. The molecule has 4 heteroatoms. The van der Waals surface area contributed by atoms with E-state index in [1.807, 2.05) is 0 Å². The summed E-state index contributed by atoms with van der Waals surface area (Å²) in [5.74, 6) is 0. The predicted octanol–water partition coefficient (Wildman–Crippen LogP) is 0.378. The Labute approximate surface area is 99.7 Å². The lowest BCUT2D eigenvalue weighted by Gasteiger charge is -2.35. The monoisotopic (exact) mass is 229 g/mol. The van der Waals surface area contributed by atoms with Gasteiger partial charge in [0.25, 0.3) is 0 Å². The van der Waals surface area contributed by atoms with Crippen molar-refractivity contribution in [2.24, 2.45) is 5.73 Å². The van der Waals surface area contributed by atoms with Crippen molar-refractivity contribution < 1.29 is 4.74 Å². The molecule has 1 atom stereocenters. The Morgan fingerprint density at radius 2 is 1.81 bits per heavy atom. The van der Waals surface area contributed by atoms with E-state index in [1.165, 1.54) is 39.1 Å². The summed E-state index contributed by atoms with van der Waals surface area (Å²) in [4.78, 5) is 5.02. The van der Waals surface area contributed by atoms with Crippen molar-refractivity contribution in [3.63, 3.8) is 0 Å². The summed E-state index contributed by atoms with van der Waals surface area (Å²) in [7, 11) is 1.73. The van der Waals surface area contributed by atoms with Crippen LogP contribution in [0.5, 0.6) is 0 Å². The molecule has 0 radical (unpaired) electrons. The highest BCUT2D eigenvalue weighted by atomic mass is 16.5. The minimum Gasteiger partial charge on any atom is -0.385 e. The standard InChI is InChI=1S/C12H27N3O/c1-3-5-14-6-8-15(9-7-14)11-12(13)4-10-16-2/h12H,3-11,13H2,1-2H3. The summed E-state index contributed by atoms with van der Waals surface area (Å²) in [6.45, 7) is 10.0. The lowest BCUT2D eigenvalue weighted by molar-refractivity contribution is 0.119. The Morgan fingerprint density at radius 1 is 1.19 bits per heavy atom. The molecule has 1 rings (SSSR count). The smallest absolute Gasteiger partial charge is 0.0477 e. The molecular weight excluding hydrogens is 202 g/mol. The zero-order valence-corrected chi connectivity index (χ0v) is 10.8. The molecule has 96 valence electrons. The second kappa shape index (κ2) is 8.01. The predicted molar refractivity (Wildman–Crippen MR) is 67.6 cm³/mol. The SMILES string of the molecule is CCCN1CCN(CC(N)CCOC)CC1. The quantitative estimate of drug-likeness (QED) is 0.685. The fraction of sp³-hybridized carbons (Fsp3) is 1.00. The van der Waals surface area contributed by atoms with E-state index >= 15 is 0 Å². The molecule has 1 heterocycles. The first-order valence-corrected chi connectivity index (χ1v) is 6.45. The van der Waals surface area contributed by atoms with Gasteiger partial charge in [0.2, 0.25) is 0 Å². The number of hydrogen-bond donors (Lipinski definition) is 1. The van der Waals surface area contributed by atoms with Crippen LogP contribution in [-0.2, 0) is 4.74 Å². The summed E-state index contributed by atoms with van der Waals surface area (Å²) in [6, 6.07) is 0.262. The van der Waals surface area contributed by atoms with Gasteiger partial charge in [0, 0.05) is 52.5 Å². The van der Waals surface area contributed by atoms with Crippen LogP contribution >= 0.6 is 0 Å². The maximum absolute atomic E-state index is 6.05. The second-order valence-electron chi connectivity index (χ2n) is 4.68. The van der Waals surface area contributed by atoms with E-state index in [1.54, 1.807) is 7.11 Å². The van der Waals surface area contributed by atoms with Crippen LogP contribution in [0.2, 0.25) is 0 Å². The Bertz CT molecular complexity index is 170. The summed E-state index contributed by atoms with van der Waals surface area (Å²) in [5, 5.41) is 0. The molecule has 1 aliphatic rings. The van der Waals surface area contributed by atoms with Crippen LogP contribution < -0.4 is 5.73 Å². The number of methoxy groups -OCH3 is 1. The number of rotatable bonds is 7. The van der Waals surface area contributed by atoms with Crippen molar-refractivity contribution in [3.8, 4) is 0 Å². The van der Waals surface area contributed by atoms with Gasteiger partial charge in [-0.3, -0.25) is 4.90 Å². The largest absolute Gasteiger partial charge is 0.385 e. The van der Waals surface area contributed by atoms with Gasteiger partial charge in [0.1, 0.15) is 0 Å². The molecule has 0 aromatic carbocycles. The lowest BCUT2D eigenvalue weighted by atomic mass is 10.2. The van der Waals surface area contributed by atoms with Gasteiger partial charge in [0.15, 0.2) is 0 Å². The second-order valence-corrected chi connectivity index (χ2v) is 4.68. The number of hydrogen-bond acceptors (Lipinski definition) is 4. The molecule has 0 aromatic rings. The van der Waals surface area contributed by atoms with Gasteiger partial charge in [-0.05, 0) is 19.4 Å². The summed E-state index contributed by atoms with van der Waals surface area (Å²) < 4.78 is 5.04. The molecule has 1 fully saturated rings. The van der Waals surface area contributed by atoms with Crippen molar-refractivity contribution >= 4 is 0 Å². The lowest BCUT2D eigenvalue weighted by Crippen LogP contribution is -2.50. The van der Waals surface area contributed by atoms with Gasteiger partial charge in [-0.15, -0.1) is 0 Å². The average Bonchev–Trinajstić information content (AvgIpc) is 2.29. The van der Waals surface area contributed by atoms with Gasteiger partial charge in [-0.2, -0.15) is 0 Å². The van der Waals surface area contributed by atoms with Gasteiger partial charge in [-0.25, -0.2) is 0 Å². The molecule has 0 saturated carbocycles. The summed E-state index contributed by atoms with van der Waals surface area (Å²) in [5.41, 5.74) is 6.05. The highest BCUT2D eigenvalue weighted by Gasteiger charge is 2.17. The number of ether oxygens (including phenoxy) is 1. The fourth-order valence-corrected chi connectivity index (χ4v) is 2.20. The Balaban J connectivity index is 2.11. The van der Waals surface area contributed by atoms with Gasteiger partial charge in [0.05, 0.1) is 0 Å². The Hall–Kier alpha value is -0.160. The van der Waals surface area contributed by atoms with Crippen molar-refractivity contribution in [3.05, 3.63) is 0 Å². The summed E-state index contributed by atoms with van der Waals surface area (Å²) in [6.07, 6.45) is 2.22. The molecule has 0 amide bonds. The van der Waals surface area contributed by atoms with Crippen LogP contribution in [0, 0.1) is 0 Å². The van der Waals surface area contributed by atoms with Crippen LogP contribution in [-0.4, -0.2) is 68.8 Å². The highest BCUT2D eigenvalue weighted by Crippen LogP contribution is 2.03. The molecule has 2 N–H and O–H groups in total. The minimum absolute atomic E-state index is 0.262. The van der Waals surface area contributed by atoms with E-state index in [9.17, 15) is 0 Å². The topological polar surface area (TPSA) is 41.7 Å². The zero-order valence-electron chi connectivity index (χ0n) is 10.8. The average molecular weight is 229 g/mol. The maximum Gasteiger partial charge on any atom is 0.0477 e. The first-order valence-electron chi connectivity index (χ1n) is 6.45. The number of piperazine rings is 1. The summed E-state index contributed by atoms with van der Waals surface area (Å²) >= 11 is 0. The van der Waals surface area contributed by atoms with E-state index in [0.717, 1.165) is 19.6 Å². The molecule has 4 nitrogen and oxygen atoms in total. The third-order valence-electron chi connectivity index (χ3n) is 3.19. The number of nitrogens with two attached hydrogens (primary N) is 1. The minimum atomic E-state index is 0.262. The van der Waals surface area contributed by atoms with Crippen molar-refractivity contribution in [2.75, 3.05) is 53.0 Å². The van der Waals surface area contributed by atoms with Gasteiger partial charge in [-0.1, -0.05) is 6.92 Å². The van der Waals surface area contributed by atoms with E-state index in [4.69, 9.17) is 10.5 Å². The molecule has 16 heavy (non-hydrogen) atoms. The van der Waals surface area contributed by atoms with Crippen molar-refractivity contribution in [2.45, 2.75) is 25.8 Å². The molecule has 0 aliphatic carbocycles. The Morgan fingerprint density at radius 3 is 2.38 bits per heavy atom. The van der Waals surface area contributed by atoms with Crippen LogP contribution in [0.15, 0.2) is 0 Å². The van der Waals surface area contributed by atoms with Crippen molar-refractivity contribution in [1.29, 1.82) is 0 Å². The highest BCUT2D eigenvalue weighted by molar-refractivity contribution is 4.75. The number of nitrogens with zero attached hydrogens (tertiary/aromatic N) is 2. The fourth-order valence-electron chi connectivity index (χ4n) is 2.20. The first kappa shape index (κ1) is 13.9. The van der Waals surface area contributed by atoms with Crippen LogP contribution in [0.4, 0.5) is 0 Å². The first-order chi connectivity index (χ1) is 7.76. The molecule has 0 aromatic heterocycles. The molecule has 1 aliphatic heterocycles. The maximum atomic E-state index is 6.05. The third kappa shape index (κ3) is 5.25. The van der Waals surface area contributed by atoms with Crippen molar-refractivity contribution in [1.82, 2.24) is 9.80 Å². The molecular formula is C12H27N3O. The van der Waals surface area contributed by atoms with E-state index in [-0.39, 0.29) is 6.04 Å². The van der Waals surface area contributed by atoms with Gasteiger partial charge < -0.3 is 15.4 Å². The normalized spacial score (nSPS) is 21.2. The molecule has 1 saturated heterocycles. The Kier molecular flexibility index (Phi) is 6.96. The van der Waals surface area contributed by atoms with Crippen LogP contribution in [0.1, 0.15) is 19.8 Å². The van der Waals surface area contributed by atoms with E-state index in [2.05, 4.69) is 16.7 Å². The molecule has 0 spiro atoms. The van der Waals surface area contributed by atoms with Crippen LogP contribution in [0.25, 0.3) is 0 Å². The zero-order chi connectivity index (χ0) is 11.8. The molecule has 0 bridgehead atoms.